The smallest absolute Gasteiger partial charge is 0.155 e. The van der Waals surface area contributed by atoms with Gasteiger partial charge in [0.25, 0.3) is 0 Å². The molecule has 0 saturated heterocycles. The Morgan fingerprint density at radius 1 is 1.19 bits per heavy atom. The van der Waals surface area contributed by atoms with Crippen LogP contribution in [0.5, 0.6) is 0 Å². The molecule has 0 aromatic carbocycles. The van der Waals surface area contributed by atoms with Gasteiger partial charge >= 0.3 is 0 Å². The molecule has 16 heavy (non-hydrogen) atoms. The fraction of sp³-hybridized carbons (Fsp3) is 0.0909. The van der Waals surface area contributed by atoms with E-state index in [-0.39, 0.29) is 0 Å². The Kier molecular flexibility index (Phi) is 2.16. The van der Waals surface area contributed by atoms with E-state index in [2.05, 4.69) is 15.5 Å². The second-order valence-corrected chi connectivity index (χ2v) is 3.42. The summed E-state index contributed by atoms with van der Waals surface area (Å²) < 4.78 is 1.74. The summed E-state index contributed by atoms with van der Waals surface area (Å²) in [5.41, 5.74) is 3.18. The van der Waals surface area contributed by atoms with E-state index >= 15 is 0 Å². The molecule has 2 aromatic rings. The Hall–Kier alpha value is -2.14. The van der Waals surface area contributed by atoms with Crippen LogP contribution in [0.25, 0.3) is 5.82 Å². The van der Waals surface area contributed by atoms with Gasteiger partial charge in [0.15, 0.2) is 5.82 Å². The standard InChI is InChI=1S/C11H11N5/c1-4-10(15-8-2-6-12-15)14-11(5-1)16-9-3-7-13-16/h1-6,8-9,13H,7H2. The summed E-state index contributed by atoms with van der Waals surface area (Å²) >= 11 is 0. The molecule has 0 atom stereocenters. The van der Waals surface area contributed by atoms with Crippen LogP contribution in [-0.4, -0.2) is 21.3 Å². The van der Waals surface area contributed by atoms with Crippen LogP contribution < -0.4 is 10.4 Å². The Morgan fingerprint density at radius 3 is 2.88 bits per heavy atom. The molecule has 80 valence electrons. The molecule has 0 saturated carbocycles. The number of pyridine rings is 1. The van der Waals surface area contributed by atoms with Gasteiger partial charge in [-0.3, -0.25) is 5.01 Å². The number of hydrogen-bond acceptors (Lipinski definition) is 4. The molecular weight excluding hydrogens is 202 g/mol. The van der Waals surface area contributed by atoms with Gasteiger partial charge in [0.05, 0.1) is 0 Å². The Balaban J connectivity index is 1.96. The third kappa shape index (κ3) is 1.57. The zero-order valence-corrected chi connectivity index (χ0v) is 8.61. The molecule has 1 aliphatic heterocycles. The minimum Gasteiger partial charge on any atom is -0.267 e. The van der Waals surface area contributed by atoms with Gasteiger partial charge in [-0.25, -0.2) is 15.1 Å². The van der Waals surface area contributed by atoms with E-state index in [0.29, 0.717) is 0 Å². The highest BCUT2D eigenvalue weighted by Gasteiger charge is 2.08. The zero-order chi connectivity index (χ0) is 10.8. The Morgan fingerprint density at radius 2 is 2.12 bits per heavy atom. The van der Waals surface area contributed by atoms with Crippen molar-refractivity contribution >= 4 is 5.82 Å². The van der Waals surface area contributed by atoms with Gasteiger partial charge in [-0.1, -0.05) is 12.1 Å². The average molecular weight is 213 g/mol. The molecule has 0 radical (unpaired) electrons. The van der Waals surface area contributed by atoms with Crippen LogP contribution in [0, 0.1) is 0 Å². The summed E-state index contributed by atoms with van der Waals surface area (Å²) in [5, 5.41) is 6.05. The number of hydrazine groups is 1. The van der Waals surface area contributed by atoms with Crippen molar-refractivity contribution < 1.29 is 0 Å². The molecule has 0 fully saturated rings. The summed E-state index contributed by atoms with van der Waals surface area (Å²) in [6.45, 7) is 0.841. The number of hydrogen-bond donors (Lipinski definition) is 1. The molecule has 2 aromatic heterocycles. The van der Waals surface area contributed by atoms with E-state index in [0.717, 1.165) is 18.2 Å². The first-order valence-electron chi connectivity index (χ1n) is 5.10. The van der Waals surface area contributed by atoms with Gasteiger partial charge < -0.3 is 0 Å². The van der Waals surface area contributed by atoms with Crippen molar-refractivity contribution in [3.8, 4) is 5.82 Å². The summed E-state index contributed by atoms with van der Waals surface area (Å²) in [5.74, 6) is 1.67. The van der Waals surface area contributed by atoms with Crippen LogP contribution in [0.4, 0.5) is 5.82 Å². The highest BCUT2D eigenvalue weighted by Crippen LogP contribution is 2.13. The van der Waals surface area contributed by atoms with E-state index in [1.54, 1.807) is 10.9 Å². The van der Waals surface area contributed by atoms with E-state index < -0.39 is 0 Å². The van der Waals surface area contributed by atoms with Crippen molar-refractivity contribution in [1.82, 2.24) is 20.2 Å². The first kappa shape index (κ1) is 9.11. The zero-order valence-electron chi connectivity index (χ0n) is 8.61. The molecule has 5 nitrogen and oxygen atoms in total. The van der Waals surface area contributed by atoms with Gasteiger partial charge in [-0.05, 0) is 18.2 Å². The van der Waals surface area contributed by atoms with Crippen LogP contribution in [0.3, 0.4) is 0 Å². The highest BCUT2D eigenvalue weighted by molar-refractivity contribution is 5.45. The first-order valence-corrected chi connectivity index (χ1v) is 5.10. The molecule has 5 heteroatoms. The fourth-order valence-electron chi connectivity index (χ4n) is 1.60. The fourth-order valence-corrected chi connectivity index (χ4v) is 1.60. The third-order valence-electron chi connectivity index (χ3n) is 2.34. The second kappa shape index (κ2) is 3.79. The Labute approximate surface area is 93.0 Å². The molecule has 0 spiro atoms. The molecule has 0 unspecified atom stereocenters. The molecule has 0 amide bonds. The number of nitrogens with zero attached hydrogens (tertiary/aromatic N) is 4. The molecular formula is C11H11N5. The van der Waals surface area contributed by atoms with E-state index in [4.69, 9.17) is 0 Å². The largest absolute Gasteiger partial charge is 0.267 e. The summed E-state index contributed by atoms with van der Waals surface area (Å²) in [4.78, 5) is 4.51. The highest BCUT2D eigenvalue weighted by atomic mass is 15.5. The summed E-state index contributed by atoms with van der Waals surface area (Å²) in [7, 11) is 0. The van der Waals surface area contributed by atoms with Crippen molar-refractivity contribution in [2.45, 2.75) is 0 Å². The van der Waals surface area contributed by atoms with Crippen molar-refractivity contribution in [1.29, 1.82) is 0 Å². The van der Waals surface area contributed by atoms with Crippen molar-refractivity contribution in [2.24, 2.45) is 0 Å². The van der Waals surface area contributed by atoms with Crippen LogP contribution >= 0.6 is 0 Å². The lowest BCUT2D eigenvalue weighted by Gasteiger charge is -2.15. The number of rotatable bonds is 2. The predicted octanol–water partition coefficient (Wildman–Crippen LogP) is 1.11. The monoisotopic (exact) mass is 213 g/mol. The van der Waals surface area contributed by atoms with E-state index in [1.807, 2.05) is 47.7 Å². The quantitative estimate of drug-likeness (QED) is 0.811. The van der Waals surface area contributed by atoms with Gasteiger partial charge in [0.1, 0.15) is 5.82 Å². The van der Waals surface area contributed by atoms with Gasteiger partial charge in [-0.15, -0.1) is 0 Å². The van der Waals surface area contributed by atoms with Crippen LogP contribution in [-0.2, 0) is 0 Å². The van der Waals surface area contributed by atoms with Crippen LogP contribution in [0.2, 0.25) is 0 Å². The van der Waals surface area contributed by atoms with Crippen molar-refractivity contribution in [3.05, 3.63) is 48.9 Å². The minimum atomic E-state index is 0.810. The van der Waals surface area contributed by atoms with Gasteiger partial charge in [-0.2, -0.15) is 5.10 Å². The van der Waals surface area contributed by atoms with E-state index in [9.17, 15) is 0 Å². The summed E-state index contributed by atoms with van der Waals surface area (Å²) in [6.07, 6.45) is 7.62. The molecule has 3 rings (SSSR count). The van der Waals surface area contributed by atoms with Crippen LogP contribution in [0.15, 0.2) is 48.9 Å². The predicted molar refractivity (Wildman–Crippen MR) is 61.0 cm³/mol. The lowest BCUT2D eigenvalue weighted by atomic mass is 10.4. The molecule has 3 heterocycles. The maximum Gasteiger partial charge on any atom is 0.155 e. The Bertz CT molecular complexity index is 503. The van der Waals surface area contributed by atoms with Gasteiger partial charge in [0, 0.05) is 25.1 Å². The normalized spacial score (nSPS) is 14.6. The average Bonchev–Trinajstić information content (AvgIpc) is 3.03. The number of aromatic nitrogens is 3. The molecule has 1 N–H and O–H groups in total. The van der Waals surface area contributed by atoms with Crippen molar-refractivity contribution in [3.63, 3.8) is 0 Å². The van der Waals surface area contributed by atoms with E-state index in [1.165, 1.54) is 0 Å². The molecule has 1 aliphatic rings. The maximum atomic E-state index is 4.51. The van der Waals surface area contributed by atoms with Gasteiger partial charge in [0.2, 0.25) is 0 Å². The number of anilines is 1. The lowest BCUT2D eigenvalue weighted by Crippen LogP contribution is -2.29. The maximum absolute atomic E-state index is 4.51. The number of nitrogens with one attached hydrogen (secondary N) is 1. The minimum absolute atomic E-state index is 0.810. The summed E-state index contributed by atoms with van der Waals surface area (Å²) in [6, 6.07) is 7.72. The SMILES string of the molecule is C1=CN(c2cccc(-n3cccn3)n2)NC1. The molecule has 0 aliphatic carbocycles. The topological polar surface area (TPSA) is 46.0 Å². The molecule has 0 bridgehead atoms. The van der Waals surface area contributed by atoms with Crippen LogP contribution in [0.1, 0.15) is 0 Å². The first-order chi connectivity index (χ1) is 7.93. The lowest BCUT2D eigenvalue weighted by molar-refractivity contribution is 0.786. The third-order valence-corrected chi connectivity index (χ3v) is 2.34. The van der Waals surface area contributed by atoms with Crippen molar-refractivity contribution in [2.75, 3.05) is 11.6 Å². The second-order valence-electron chi connectivity index (χ2n) is 3.42.